The number of benzene rings is 12. The topological polar surface area (TPSA) is 271 Å². The zero-order valence-electron chi connectivity index (χ0n) is 76.9. The molecule has 0 aliphatic heterocycles. The summed E-state index contributed by atoms with van der Waals surface area (Å²) in [5.41, 5.74) is 30.1. The van der Waals surface area contributed by atoms with Crippen LogP contribution in [0.5, 0.6) is 34.5 Å². The fourth-order valence-corrected chi connectivity index (χ4v) is 22.7. The van der Waals surface area contributed by atoms with Gasteiger partial charge in [0.05, 0.1) is 100 Å². The minimum Gasteiger partial charge on any atom is -0.505 e. The average Bonchev–Trinajstić information content (AvgIpc) is 0.808. The van der Waals surface area contributed by atoms with Crippen LogP contribution in [0.15, 0.2) is 272 Å². The molecule has 12 aromatic carbocycles. The molecule has 30 heteroatoms. The number of anilines is 6. The Morgan fingerprint density at radius 2 is 0.500 bits per heavy atom. The van der Waals surface area contributed by atoms with Crippen LogP contribution in [0.3, 0.4) is 0 Å². The van der Waals surface area contributed by atoms with Crippen molar-refractivity contribution in [1.82, 2.24) is 29.9 Å². The number of aryl methyl sites for hydroxylation is 11. The van der Waals surface area contributed by atoms with E-state index in [9.17, 15) is 30.6 Å². The van der Waals surface area contributed by atoms with Gasteiger partial charge in [-0.1, -0.05) is 168 Å². The predicted octanol–water partition coefficient (Wildman–Crippen LogP) is 34.2. The molecule has 0 spiro atoms. The maximum Gasteiger partial charge on any atom is 0.156 e. The minimum atomic E-state index is 0.163. The number of nitrogens with zero attached hydrogens (tertiary/aromatic N) is 6. The van der Waals surface area contributed by atoms with Gasteiger partial charge < -0.3 is 62.5 Å². The van der Waals surface area contributed by atoms with Crippen molar-refractivity contribution in [3.8, 4) is 34.5 Å². The van der Waals surface area contributed by atoms with Crippen molar-refractivity contribution < 1.29 is 30.6 Å². The number of phenols is 6. The molecule has 0 unspecified atom stereocenters. The molecule has 0 radical (unpaired) electrons. The molecule has 0 amide bonds. The molecule has 0 fully saturated rings. The maximum absolute atomic E-state index is 10.2. The largest absolute Gasteiger partial charge is 0.505 e. The molecule has 0 aliphatic carbocycles. The van der Waals surface area contributed by atoms with Gasteiger partial charge in [-0.25, -0.2) is 29.9 Å². The summed E-state index contributed by atoms with van der Waals surface area (Å²) in [5, 5.41) is 87.1. The number of phenolic OH excluding ortho intramolecular Hbond substituents is 6. The van der Waals surface area contributed by atoms with Gasteiger partial charge >= 0.3 is 0 Å². The van der Waals surface area contributed by atoms with Gasteiger partial charge in [-0.3, -0.25) is 0 Å². The molecule has 0 aliphatic rings. The van der Waals surface area contributed by atoms with E-state index < -0.39 is 0 Å². The number of para-hydroxylation sites is 1. The van der Waals surface area contributed by atoms with Crippen molar-refractivity contribution in [1.29, 1.82) is 0 Å². The van der Waals surface area contributed by atoms with Gasteiger partial charge in [0.25, 0.3) is 0 Å². The Balaban J connectivity index is 0.000000140. The van der Waals surface area contributed by atoms with Crippen LogP contribution in [0.1, 0.15) is 101 Å². The summed E-state index contributed by atoms with van der Waals surface area (Å²) in [5.74, 6) is 0.981. The van der Waals surface area contributed by atoms with E-state index >= 15 is 0 Å². The van der Waals surface area contributed by atoms with E-state index in [1.807, 2.05) is 115 Å². The van der Waals surface area contributed by atoms with Gasteiger partial charge in [0.1, 0.15) is 33.1 Å². The molecule has 6 heterocycles. The lowest BCUT2D eigenvalue weighted by Gasteiger charge is -2.13. The Bertz CT molecular complexity index is 7530. The molecular weight excluding hydrogens is 2520 g/mol. The van der Waals surface area contributed by atoms with E-state index in [2.05, 4.69) is 439 Å². The highest BCUT2D eigenvalue weighted by Crippen LogP contribution is 2.44. The number of hydrogen-bond acceptors (Lipinski definition) is 18. The Morgan fingerprint density at radius 3 is 0.855 bits per heavy atom. The van der Waals surface area contributed by atoms with Crippen LogP contribution in [0, 0.1) is 83.1 Å². The minimum absolute atomic E-state index is 0.163. The van der Waals surface area contributed by atoms with E-state index in [4.69, 9.17) is 0 Å². The molecule has 0 saturated heterocycles. The normalized spacial score (nSPS) is 11.0. The Labute approximate surface area is 903 Å². The first-order valence-corrected chi connectivity index (χ1v) is 52.9. The summed E-state index contributed by atoms with van der Waals surface area (Å²) >= 11 is 41.1. The predicted molar refractivity (Wildman–Crippen MR) is 612 cm³/mol. The van der Waals surface area contributed by atoms with E-state index in [-0.39, 0.29) is 34.5 Å². The summed E-state index contributed by atoms with van der Waals surface area (Å²) in [6.45, 7) is 28.7. The second-order valence-corrected chi connectivity index (χ2v) is 43.5. The lowest BCUT2D eigenvalue weighted by Crippen LogP contribution is -2.04. The summed E-state index contributed by atoms with van der Waals surface area (Å²) in [4.78, 5) is 27.5. The zero-order valence-corrected chi connectivity index (χ0v) is 96.0. The van der Waals surface area contributed by atoms with Crippen molar-refractivity contribution in [2.24, 2.45) is 0 Å². The smallest absolute Gasteiger partial charge is 0.156 e. The summed E-state index contributed by atoms with van der Waals surface area (Å²) in [7, 11) is 0. The highest BCUT2D eigenvalue weighted by atomic mass is 79.9. The van der Waals surface area contributed by atoms with Gasteiger partial charge in [0.2, 0.25) is 0 Å². The summed E-state index contributed by atoms with van der Waals surface area (Å²) < 4.78 is 9.18. The van der Waals surface area contributed by atoms with Gasteiger partial charge in [-0.15, -0.1) is 0 Å². The van der Waals surface area contributed by atoms with Crippen LogP contribution in [0.4, 0.5) is 34.1 Å². The van der Waals surface area contributed by atoms with Gasteiger partial charge in [-0.2, -0.15) is 0 Å². The van der Waals surface area contributed by atoms with E-state index in [1.165, 1.54) is 66.8 Å². The standard InChI is InChI=1S/6C18H16Br2N2O/c1-10-3-6-16(11(2)7-10)21-9-12-4-5-13-14(19)8-15(20)18(23)17(13)22-12;1-10-5-11(2)7-13(6-10)21-9-12-3-4-14-15(19)8-16(20)18(23)17(14)22-12;1-10-3-4-12(7-11(10)2)21-9-13-5-6-14-15(19)8-16(20)18(23)17(14)22-13;1-10-3-4-11(2)16(7-10)21-9-12-5-6-13-14(19)8-15(20)18(23)17(13)22-12;1-10-4-3-5-16(11(10)2)21-9-12-6-7-13-14(19)8-15(20)18(23)17(13)22-12;1-10-4-3-5-11(2)16(10)21-9-12-6-7-13-14(19)8-15(20)18(23)17(13)22-12/h6*3-8,21,23H,9H2,1-2H3. The van der Waals surface area contributed by atoms with Crippen LogP contribution < -0.4 is 31.9 Å². The van der Waals surface area contributed by atoms with E-state index in [0.29, 0.717) is 99.2 Å². The van der Waals surface area contributed by atoms with Gasteiger partial charge in [-0.05, 0) is 392 Å². The molecule has 18 aromatic rings. The zero-order chi connectivity index (χ0) is 99.4. The first kappa shape index (κ1) is 106. The van der Waals surface area contributed by atoms with Crippen molar-refractivity contribution >= 4 is 291 Å². The highest BCUT2D eigenvalue weighted by Gasteiger charge is 2.20. The van der Waals surface area contributed by atoms with Crippen molar-refractivity contribution in [3.63, 3.8) is 0 Å². The first-order valence-electron chi connectivity index (χ1n) is 43.4. The fourth-order valence-electron chi connectivity index (χ4n) is 15.1. The molecule has 708 valence electrons. The highest BCUT2D eigenvalue weighted by molar-refractivity contribution is 9.12. The van der Waals surface area contributed by atoms with Crippen molar-refractivity contribution in [2.45, 2.75) is 122 Å². The molecule has 12 N–H and O–H groups in total. The quantitative estimate of drug-likeness (QED) is 0.0381. The molecule has 18 nitrogen and oxygen atoms in total. The van der Waals surface area contributed by atoms with Crippen molar-refractivity contribution in [3.05, 3.63) is 373 Å². The van der Waals surface area contributed by atoms with Crippen molar-refractivity contribution in [2.75, 3.05) is 31.9 Å². The third-order valence-corrected chi connectivity index (χ3v) is 30.4. The number of aromatic hydroxyl groups is 6. The van der Waals surface area contributed by atoms with Gasteiger partial charge in [0, 0.05) is 93.3 Å². The third-order valence-electron chi connectivity index (χ3n) is 22.8. The molecule has 18 rings (SSSR count). The Kier molecular flexibility index (Phi) is 36.7. The number of halogens is 12. The molecule has 6 aromatic heterocycles. The molecule has 138 heavy (non-hydrogen) atoms. The maximum atomic E-state index is 10.2. The van der Waals surface area contributed by atoms with Crippen LogP contribution in [0.2, 0.25) is 0 Å². The number of fused-ring (bicyclic) bond motifs is 6. The second kappa shape index (κ2) is 47.8. The lowest BCUT2D eigenvalue weighted by atomic mass is 10.1. The van der Waals surface area contributed by atoms with Crippen LogP contribution in [0.25, 0.3) is 65.4 Å². The van der Waals surface area contributed by atoms with Crippen LogP contribution in [-0.2, 0) is 39.3 Å². The van der Waals surface area contributed by atoms with Gasteiger partial charge in [0.15, 0.2) is 34.5 Å². The molecular formula is C108H96Br12N12O6. The average molecular weight is 2620 g/mol. The lowest BCUT2D eigenvalue weighted by molar-refractivity contribution is 0.476. The molecule has 0 atom stereocenters. The summed E-state index contributed by atoms with van der Waals surface area (Å²) in [6.07, 6.45) is 0. The van der Waals surface area contributed by atoms with Crippen LogP contribution in [-0.4, -0.2) is 60.5 Å². The third kappa shape index (κ3) is 26.6. The fraction of sp³-hybridized carbons (Fsp3) is 0.167. The number of aromatic nitrogens is 6. The van der Waals surface area contributed by atoms with Crippen LogP contribution >= 0.6 is 191 Å². The van der Waals surface area contributed by atoms with E-state index in [0.717, 1.165) is 127 Å². The summed E-state index contributed by atoms with van der Waals surface area (Å²) in [6, 6.07) is 72.3. The Morgan fingerprint density at radius 1 is 0.203 bits per heavy atom. The van der Waals surface area contributed by atoms with E-state index in [1.54, 1.807) is 0 Å². The molecule has 0 bridgehead atoms. The first-order chi connectivity index (χ1) is 65.7. The second-order valence-electron chi connectivity index (χ2n) is 33.3. The monoisotopic (exact) mass is 2600 g/mol. The number of pyridine rings is 6. The molecule has 0 saturated carbocycles. The SMILES string of the molecule is Cc1cc(C)cc(NCc2ccc3c(Br)cc(Br)c(O)c3n2)c1.Cc1ccc(C)c(NCc2ccc3c(Br)cc(Br)c(O)c3n2)c1.Cc1ccc(NCc2ccc3c(Br)cc(Br)c(O)c3n2)c(C)c1.Cc1ccc(NCc2ccc3c(Br)cc(Br)c(O)c3n2)cc1C.Cc1cccc(C)c1NCc1ccc2c(Br)cc(Br)c(O)c2n1.Cc1cccc(NCc2ccc3c(Br)cc(Br)c(O)c3n2)c1C. The number of rotatable bonds is 18. The Hall–Kier alpha value is -9.54. The number of hydrogen-bond donors (Lipinski definition) is 12. The number of nitrogens with one attached hydrogen (secondary N) is 6.